The second kappa shape index (κ2) is 9.28. The molecule has 0 saturated carbocycles. The summed E-state index contributed by atoms with van der Waals surface area (Å²) in [7, 11) is -4.05. The zero-order chi connectivity index (χ0) is 22.4. The molecule has 31 heavy (non-hydrogen) atoms. The van der Waals surface area contributed by atoms with Crippen LogP contribution in [0.4, 0.5) is 16.2 Å². The largest absolute Gasteiger partial charge is 0.386 e. The summed E-state index contributed by atoms with van der Waals surface area (Å²) in [6.07, 6.45) is 0. The number of sulfonamides is 1. The number of hydrogen-bond acceptors (Lipinski definition) is 5. The zero-order valence-electron chi connectivity index (χ0n) is 16.4. The van der Waals surface area contributed by atoms with Crippen LogP contribution in [0.3, 0.4) is 0 Å². The van der Waals surface area contributed by atoms with Crippen molar-refractivity contribution in [2.45, 2.75) is 4.90 Å². The molecule has 0 unspecified atom stereocenters. The van der Waals surface area contributed by atoms with Gasteiger partial charge in [0.15, 0.2) is 0 Å². The van der Waals surface area contributed by atoms with Crippen molar-refractivity contribution in [3.63, 3.8) is 0 Å². The minimum Gasteiger partial charge on any atom is -0.386 e. The van der Waals surface area contributed by atoms with Gasteiger partial charge in [0.1, 0.15) is 5.84 Å². The van der Waals surface area contributed by atoms with Crippen LogP contribution in [0.15, 0.2) is 83.8 Å². The number of primary sulfonamides is 1. The van der Waals surface area contributed by atoms with E-state index in [2.05, 4.69) is 10.7 Å². The Morgan fingerprint density at radius 3 is 2.16 bits per heavy atom. The van der Waals surface area contributed by atoms with Gasteiger partial charge >= 0.3 is 6.03 Å². The molecule has 0 heterocycles. The number of para-hydroxylation sites is 1. The van der Waals surface area contributed by atoms with Crippen LogP contribution in [0.2, 0.25) is 0 Å². The van der Waals surface area contributed by atoms with Gasteiger partial charge in [-0.15, -0.1) is 0 Å². The number of amides is 2. The summed E-state index contributed by atoms with van der Waals surface area (Å²) in [4.78, 5) is 12.4. The lowest BCUT2D eigenvalue weighted by molar-refractivity contribution is 0.251. The van der Waals surface area contributed by atoms with E-state index >= 15 is 0 Å². The van der Waals surface area contributed by atoms with Gasteiger partial charge < -0.3 is 11.1 Å². The van der Waals surface area contributed by atoms with Crippen molar-refractivity contribution in [1.82, 2.24) is 5.43 Å². The summed E-state index contributed by atoms with van der Waals surface area (Å²) < 4.78 is 24.3. The van der Waals surface area contributed by atoms with E-state index in [0.29, 0.717) is 16.8 Å². The van der Waals surface area contributed by atoms with Crippen molar-refractivity contribution < 1.29 is 13.2 Å². The molecule has 0 atom stereocenters. The summed E-state index contributed by atoms with van der Waals surface area (Å²) in [6.45, 7) is -0.0349. The average molecular weight is 439 g/mol. The standard InChI is InChI=1S/C21H22N6O3S/c22-20(23)14-27(17-9-5-2-6-10-17)26-21(28)25-16-11-12-18(15-7-3-1-4-8-15)19(13-16)31(24,29)30/h1-13H,14H2,(H3,22,23)(H2,24,29,30)(H2,25,26,28). The Morgan fingerprint density at radius 2 is 1.58 bits per heavy atom. The number of urea groups is 1. The van der Waals surface area contributed by atoms with Gasteiger partial charge in [0.05, 0.1) is 17.1 Å². The Bertz CT molecular complexity index is 1180. The molecule has 0 aliphatic carbocycles. The first kappa shape index (κ1) is 21.8. The minimum absolute atomic E-state index is 0.0349. The van der Waals surface area contributed by atoms with E-state index in [1.54, 1.807) is 60.7 Å². The molecule has 10 heteroatoms. The number of carbonyl (C=O) groups excluding carboxylic acids is 1. The Hall–Kier alpha value is -3.89. The molecule has 0 aliphatic rings. The van der Waals surface area contributed by atoms with Gasteiger partial charge in [0.25, 0.3) is 0 Å². The number of benzene rings is 3. The smallest absolute Gasteiger partial charge is 0.338 e. The quantitative estimate of drug-likeness (QED) is 0.218. The van der Waals surface area contributed by atoms with Crippen molar-refractivity contribution in [2.75, 3.05) is 16.9 Å². The third-order valence-corrected chi connectivity index (χ3v) is 5.21. The number of rotatable bonds is 7. The van der Waals surface area contributed by atoms with E-state index in [9.17, 15) is 13.2 Å². The maximum absolute atomic E-state index is 12.5. The Balaban J connectivity index is 1.84. The lowest BCUT2D eigenvalue weighted by Gasteiger charge is -2.25. The minimum atomic E-state index is -4.05. The molecule has 3 aromatic carbocycles. The third kappa shape index (κ3) is 5.81. The number of nitrogens with zero attached hydrogens (tertiary/aromatic N) is 1. The van der Waals surface area contributed by atoms with Crippen LogP contribution in [0.25, 0.3) is 11.1 Å². The number of hydrazine groups is 1. The highest BCUT2D eigenvalue weighted by atomic mass is 32.2. The monoisotopic (exact) mass is 438 g/mol. The number of amidine groups is 1. The van der Waals surface area contributed by atoms with Crippen molar-refractivity contribution in [2.24, 2.45) is 10.9 Å². The van der Waals surface area contributed by atoms with Gasteiger partial charge in [-0.1, -0.05) is 54.6 Å². The van der Waals surface area contributed by atoms with Gasteiger partial charge in [-0.3, -0.25) is 10.4 Å². The fourth-order valence-corrected chi connectivity index (χ4v) is 3.73. The van der Waals surface area contributed by atoms with Crippen LogP contribution in [0.1, 0.15) is 0 Å². The molecule has 0 saturated heterocycles. The zero-order valence-corrected chi connectivity index (χ0v) is 17.3. The highest BCUT2D eigenvalue weighted by Gasteiger charge is 2.18. The van der Waals surface area contributed by atoms with Gasteiger partial charge in [-0.25, -0.2) is 23.8 Å². The molecule has 3 rings (SSSR count). The number of hydrogen-bond donors (Lipinski definition) is 5. The number of nitrogens with two attached hydrogens (primary N) is 2. The molecule has 2 amide bonds. The maximum Gasteiger partial charge on any atom is 0.338 e. The Labute approximate surface area is 180 Å². The van der Waals surface area contributed by atoms with E-state index in [1.165, 1.54) is 11.1 Å². The van der Waals surface area contributed by atoms with Gasteiger partial charge in [-0.05, 0) is 29.8 Å². The molecule has 0 fully saturated rings. The molecule has 0 spiro atoms. The average Bonchev–Trinajstić information content (AvgIpc) is 2.73. The molecule has 3 aromatic rings. The van der Waals surface area contributed by atoms with Gasteiger partial charge in [0, 0.05) is 11.3 Å². The van der Waals surface area contributed by atoms with Crippen LogP contribution >= 0.6 is 0 Å². The molecular weight excluding hydrogens is 416 g/mol. The molecule has 9 nitrogen and oxygen atoms in total. The SMILES string of the molecule is N=C(N)CN(NC(=O)Nc1ccc(-c2ccccc2)c(S(N)(=O)=O)c1)c1ccccc1. The topological polar surface area (TPSA) is 154 Å². The Kier molecular flexibility index (Phi) is 6.53. The predicted octanol–water partition coefficient (Wildman–Crippen LogP) is 2.48. The highest BCUT2D eigenvalue weighted by molar-refractivity contribution is 7.89. The van der Waals surface area contributed by atoms with Gasteiger partial charge in [-0.2, -0.15) is 0 Å². The van der Waals surface area contributed by atoms with Crippen molar-refractivity contribution in [3.05, 3.63) is 78.9 Å². The lowest BCUT2D eigenvalue weighted by Crippen LogP contribution is -2.48. The molecule has 0 aliphatic heterocycles. The fraction of sp³-hybridized carbons (Fsp3) is 0.0476. The summed E-state index contributed by atoms with van der Waals surface area (Å²) in [6, 6.07) is 21.6. The molecule has 160 valence electrons. The van der Waals surface area contributed by atoms with Crippen molar-refractivity contribution in [3.8, 4) is 11.1 Å². The normalized spacial score (nSPS) is 10.9. The van der Waals surface area contributed by atoms with Crippen molar-refractivity contribution in [1.29, 1.82) is 5.41 Å². The number of anilines is 2. The van der Waals surface area contributed by atoms with E-state index in [1.807, 2.05) is 12.1 Å². The van der Waals surface area contributed by atoms with E-state index in [4.69, 9.17) is 16.3 Å². The third-order valence-electron chi connectivity index (χ3n) is 4.26. The Morgan fingerprint density at radius 1 is 0.968 bits per heavy atom. The van der Waals surface area contributed by atoms with Crippen LogP contribution in [0.5, 0.6) is 0 Å². The second-order valence-corrected chi connectivity index (χ2v) is 8.16. The summed E-state index contributed by atoms with van der Waals surface area (Å²) >= 11 is 0. The summed E-state index contributed by atoms with van der Waals surface area (Å²) in [5.74, 6) is -0.145. The first-order chi connectivity index (χ1) is 14.7. The van der Waals surface area contributed by atoms with Crippen LogP contribution in [-0.2, 0) is 10.0 Å². The highest BCUT2D eigenvalue weighted by Crippen LogP contribution is 2.29. The molecule has 0 aromatic heterocycles. The molecule has 0 radical (unpaired) electrons. The van der Waals surface area contributed by atoms with Crippen molar-refractivity contribution >= 4 is 33.3 Å². The van der Waals surface area contributed by atoms with Crippen LogP contribution < -0.4 is 26.6 Å². The second-order valence-electron chi connectivity index (χ2n) is 6.63. The number of carbonyl (C=O) groups is 1. The summed E-state index contributed by atoms with van der Waals surface area (Å²) in [5, 5.41) is 16.9. The van der Waals surface area contributed by atoms with Crippen LogP contribution in [0, 0.1) is 5.41 Å². The van der Waals surface area contributed by atoms with Gasteiger partial charge in [0.2, 0.25) is 10.0 Å². The molecular formula is C21H22N6O3S. The predicted molar refractivity (Wildman–Crippen MR) is 121 cm³/mol. The van der Waals surface area contributed by atoms with E-state index in [-0.39, 0.29) is 23.0 Å². The fourth-order valence-electron chi connectivity index (χ4n) is 2.95. The van der Waals surface area contributed by atoms with E-state index in [0.717, 1.165) is 0 Å². The first-order valence-electron chi connectivity index (χ1n) is 9.19. The number of nitrogens with one attached hydrogen (secondary N) is 3. The van der Waals surface area contributed by atoms with E-state index < -0.39 is 16.1 Å². The maximum atomic E-state index is 12.5. The first-order valence-corrected chi connectivity index (χ1v) is 10.7. The van der Waals surface area contributed by atoms with Crippen LogP contribution in [-0.4, -0.2) is 26.8 Å². The lowest BCUT2D eigenvalue weighted by atomic mass is 10.1. The molecule has 0 bridgehead atoms. The summed E-state index contributed by atoms with van der Waals surface area (Å²) in [5.41, 5.74) is 10.1. The molecule has 7 N–H and O–H groups in total.